The summed E-state index contributed by atoms with van der Waals surface area (Å²) in [6.07, 6.45) is 0. The Morgan fingerprint density at radius 3 is 2.68 bits per heavy atom. The van der Waals surface area contributed by atoms with E-state index in [0.717, 1.165) is 21.0 Å². The number of hydrogen-bond donors (Lipinski definition) is 3. The number of thiazole rings is 1. The zero-order valence-corrected chi connectivity index (χ0v) is 15.9. The van der Waals surface area contributed by atoms with Gasteiger partial charge in [0.1, 0.15) is 5.52 Å². The molecule has 0 atom stereocenters. The number of carbonyl (C=O) groups excluding carboxylic acids is 1. The van der Waals surface area contributed by atoms with Gasteiger partial charge in [-0.25, -0.2) is 14.2 Å². The predicted molar refractivity (Wildman–Crippen MR) is 103 cm³/mol. The SMILES string of the molecule is NC(=O)c1nc2c(F)cc(C(=O)O)c(Nc3ccc(I)cc3Cl)c2s1. The lowest BCUT2D eigenvalue weighted by molar-refractivity contribution is 0.0697. The molecule has 0 saturated carbocycles. The van der Waals surface area contributed by atoms with Gasteiger partial charge in [0.15, 0.2) is 10.8 Å². The summed E-state index contributed by atoms with van der Waals surface area (Å²) in [5, 5.41) is 12.6. The second-order valence-corrected chi connectivity index (χ2v) is 7.55. The Kier molecular flexibility index (Phi) is 4.80. The molecule has 0 saturated heterocycles. The number of nitrogens with one attached hydrogen (secondary N) is 1. The molecule has 0 aliphatic heterocycles. The largest absolute Gasteiger partial charge is 0.478 e. The summed E-state index contributed by atoms with van der Waals surface area (Å²) in [6.45, 7) is 0. The number of hydrogen-bond acceptors (Lipinski definition) is 5. The van der Waals surface area contributed by atoms with Crippen LogP contribution in [-0.2, 0) is 0 Å². The molecule has 0 radical (unpaired) electrons. The third kappa shape index (κ3) is 3.39. The minimum Gasteiger partial charge on any atom is -0.478 e. The van der Waals surface area contributed by atoms with Crippen LogP contribution in [0.5, 0.6) is 0 Å². The van der Waals surface area contributed by atoms with Gasteiger partial charge < -0.3 is 16.2 Å². The molecule has 2 aromatic carbocycles. The van der Waals surface area contributed by atoms with Crippen molar-refractivity contribution in [2.24, 2.45) is 5.73 Å². The molecular weight excluding hydrogens is 484 g/mol. The van der Waals surface area contributed by atoms with E-state index in [-0.39, 0.29) is 26.5 Å². The van der Waals surface area contributed by atoms with E-state index in [1.807, 2.05) is 0 Å². The number of aromatic carboxylic acids is 1. The number of halogens is 3. The van der Waals surface area contributed by atoms with Gasteiger partial charge in [-0.3, -0.25) is 4.79 Å². The lowest BCUT2D eigenvalue weighted by atomic mass is 10.1. The summed E-state index contributed by atoms with van der Waals surface area (Å²) in [5.41, 5.74) is 5.29. The number of rotatable bonds is 4. The van der Waals surface area contributed by atoms with Crippen LogP contribution in [-0.4, -0.2) is 22.0 Å². The summed E-state index contributed by atoms with van der Waals surface area (Å²) in [4.78, 5) is 26.7. The first kappa shape index (κ1) is 17.8. The Morgan fingerprint density at radius 2 is 2.08 bits per heavy atom. The van der Waals surface area contributed by atoms with Gasteiger partial charge in [0.05, 0.1) is 26.7 Å². The molecule has 25 heavy (non-hydrogen) atoms. The molecule has 10 heteroatoms. The van der Waals surface area contributed by atoms with Crippen LogP contribution in [0.2, 0.25) is 5.02 Å². The molecule has 6 nitrogen and oxygen atoms in total. The van der Waals surface area contributed by atoms with Gasteiger partial charge in [0, 0.05) is 3.57 Å². The second kappa shape index (κ2) is 6.73. The maximum Gasteiger partial charge on any atom is 0.337 e. The summed E-state index contributed by atoms with van der Waals surface area (Å²) < 4.78 is 15.3. The molecule has 128 valence electrons. The molecule has 0 fully saturated rings. The normalized spacial score (nSPS) is 10.8. The number of nitrogens with two attached hydrogens (primary N) is 1. The molecule has 0 aliphatic carbocycles. The van der Waals surface area contributed by atoms with Crippen molar-refractivity contribution in [3.63, 3.8) is 0 Å². The van der Waals surface area contributed by atoms with Crippen molar-refractivity contribution < 1.29 is 19.1 Å². The number of carbonyl (C=O) groups is 2. The molecule has 3 rings (SSSR count). The highest BCUT2D eigenvalue weighted by Gasteiger charge is 2.22. The average molecular weight is 492 g/mol. The van der Waals surface area contributed by atoms with Gasteiger partial charge in [-0.2, -0.15) is 0 Å². The monoisotopic (exact) mass is 491 g/mol. The van der Waals surface area contributed by atoms with Crippen LogP contribution in [0, 0.1) is 9.39 Å². The zero-order valence-electron chi connectivity index (χ0n) is 12.1. The number of carboxylic acids is 1. The fourth-order valence-corrected chi connectivity index (χ4v) is 4.00. The Morgan fingerprint density at radius 1 is 1.36 bits per heavy atom. The number of primary amides is 1. The van der Waals surface area contributed by atoms with E-state index < -0.39 is 17.7 Å². The van der Waals surface area contributed by atoms with Crippen molar-refractivity contribution >= 4 is 79.0 Å². The first-order valence-electron chi connectivity index (χ1n) is 6.66. The van der Waals surface area contributed by atoms with Crippen LogP contribution in [0.1, 0.15) is 20.2 Å². The second-order valence-electron chi connectivity index (χ2n) is 4.90. The van der Waals surface area contributed by atoms with Crippen LogP contribution in [0.4, 0.5) is 15.8 Å². The van der Waals surface area contributed by atoms with Crippen molar-refractivity contribution in [1.29, 1.82) is 0 Å². The van der Waals surface area contributed by atoms with E-state index in [0.29, 0.717) is 10.7 Å². The van der Waals surface area contributed by atoms with Gasteiger partial charge >= 0.3 is 5.97 Å². The van der Waals surface area contributed by atoms with Crippen LogP contribution < -0.4 is 11.1 Å². The quantitative estimate of drug-likeness (QED) is 0.474. The van der Waals surface area contributed by atoms with Gasteiger partial charge in [-0.05, 0) is 46.9 Å². The predicted octanol–water partition coefficient (Wildman–Crippen LogP) is 4.23. The number of aromatic nitrogens is 1. The number of anilines is 2. The van der Waals surface area contributed by atoms with Gasteiger partial charge in [-0.15, -0.1) is 11.3 Å². The van der Waals surface area contributed by atoms with Crippen molar-refractivity contribution in [3.8, 4) is 0 Å². The standard InChI is InChI=1S/C15H8ClFIN3O3S/c16-7-3-5(18)1-2-9(7)20-10-6(15(23)24)4-8(17)11-12(10)25-14(21-11)13(19)22/h1-4,20H,(H2,19,22)(H,23,24). The number of fused-ring (bicyclic) bond motifs is 1. The van der Waals surface area contributed by atoms with Gasteiger partial charge in [0.2, 0.25) is 0 Å². The van der Waals surface area contributed by atoms with E-state index >= 15 is 0 Å². The molecule has 4 N–H and O–H groups in total. The summed E-state index contributed by atoms with van der Waals surface area (Å²) in [7, 11) is 0. The summed E-state index contributed by atoms with van der Waals surface area (Å²) >= 11 is 9.07. The number of benzene rings is 2. The van der Waals surface area contributed by atoms with E-state index in [4.69, 9.17) is 17.3 Å². The smallest absolute Gasteiger partial charge is 0.337 e. The molecule has 0 aliphatic rings. The van der Waals surface area contributed by atoms with Crippen LogP contribution >= 0.6 is 45.5 Å². The summed E-state index contributed by atoms with van der Waals surface area (Å²) in [6, 6.07) is 5.98. The van der Waals surface area contributed by atoms with E-state index in [9.17, 15) is 19.1 Å². The van der Waals surface area contributed by atoms with E-state index in [2.05, 4.69) is 32.9 Å². The van der Waals surface area contributed by atoms with Crippen molar-refractivity contribution in [1.82, 2.24) is 4.98 Å². The molecule has 3 aromatic rings. The fourth-order valence-electron chi connectivity index (χ4n) is 2.16. The first-order chi connectivity index (χ1) is 11.8. The highest BCUT2D eigenvalue weighted by atomic mass is 127. The van der Waals surface area contributed by atoms with Gasteiger partial charge in [0.25, 0.3) is 5.91 Å². The Bertz CT molecular complexity index is 1040. The Labute approximate surface area is 162 Å². The van der Waals surface area contributed by atoms with Crippen LogP contribution in [0.3, 0.4) is 0 Å². The highest BCUT2D eigenvalue weighted by molar-refractivity contribution is 14.1. The molecule has 1 aromatic heterocycles. The summed E-state index contributed by atoms with van der Waals surface area (Å²) in [5.74, 6) is -3.01. The lowest BCUT2D eigenvalue weighted by Gasteiger charge is -2.12. The Hall–Kier alpha value is -1.98. The van der Waals surface area contributed by atoms with Gasteiger partial charge in [-0.1, -0.05) is 11.6 Å². The number of carboxylic acid groups (broad SMARTS) is 1. The number of nitrogens with zero attached hydrogens (tertiary/aromatic N) is 1. The molecular formula is C15H8ClFIN3O3S. The Balaban J connectivity index is 2.26. The highest BCUT2D eigenvalue weighted by Crippen LogP contribution is 2.38. The maximum atomic E-state index is 14.2. The topological polar surface area (TPSA) is 105 Å². The van der Waals surface area contributed by atoms with Crippen molar-refractivity contribution in [3.05, 3.63) is 49.2 Å². The van der Waals surface area contributed by atoms with Crippen LogP contribution in [0.25, 0.3) is 10.2 Å². The number of amides is 1. The molecule has 1 amide bonds. The third-order valence-corrected chi connectivity index (χ3v) is 5.32. The van der Waals surface area contributed by atoms with Crippen molar-refractivity contribution in [2.45, 2.75) is 0 Å². The fraction of sp³-hybridized carbons (Fsp3) is 0. The molecule has 0 unspecified atom stereocenters. The zero-order chi connectivity index (χ0) is 18.3. The lowest BCUT2D eigenvalue weighted by Crippen LogP contribution is -2.09. The molecule has 1 heterocycles. The molecule has 0 bridgehead atoms. The van der Waals surface area contributed by atoms with Crippen molar-refractivity contribution in [2.75, 3.05) is 5.32 Å². The van der Waals surface area contributed by atoms with Crippen LogP contribution in [0.15, 0.2) is 24.3 Å². The first-order valence-corrected chi connectivity index (χ1v) is 8.93. The third-order valence-electron chi connectivity index (χ3n) is 3.25. The molecule has 0 spiro atoms. The maximum absolute atomic E-state index is 14.2. The van der Waals surface area contributed by atoms with E-state index in [1.54, 1.807) is 18.2 Å². The minimum atomic E-state index is -1.33. The average Bonchev–Trinajstić information content (AvgIpc) is 2.98. The van der Waals surface area contributed by atoms with E-state index in [1.165, 1.54) is 0 Å². The minimum absolute atomic E-state index is 0.0945.